The molecule has 0 N–H and O–H groups in total. The second-order valence-electron chi connectivity index (χ2n) is 5.81. The Morgan fingerprint density at radius 3 is 2.50 bits per heavy atom. The predicted octanol–water partition coefficient (Wildman–Crippen LogP) is 2.69. The summed E-state index contributed by atoms with van der Waals surface area (Å²) in [6.07, 6.45) is 5.61. The largest absolute Gasteiger partial charge is 0.266 e. The van der Waals surface area contributed by atoms with Crippen molar-refractivity contribution in [3.63, 3.8) is 0 Å². The summed E-state index contributed by atoms with van der Waals surface area (Å²) in [5.41, 5.74) is -0.214. The molecule has 6 heteroatoms. The Kier molecular flexibility index (Phi) is 4.93. The van der Waals surface area contributed by atoms with E-state index in [1.807, 2.05) is 25.8 Å². The summed E-state index contributed by atoms with van der Waals surface area (Å²) in [6.45, 7) is 8.95. The van der Waals surface area contributed by atoms with Gasteiger partial charge in [0.2, 0.25) is 0 Å². The summed E-state index contributed by atoms with van der Waals surface area (Å²) in [5.74, 6) is 0. The van der Waals surface area contributed by atoms with Crippen LogP contribution in [0.1, 0.15) is 53.4 Å². The summed E-state index contributed by atoms with van der Waals surface area (Å²) in [4.78, 5) is 11.0. The average Bonchev–Trinajstić information content (AvgIpc) is 2.68. The molecule has 6 nitrogen and oxygen atoms in total. The molecule has 1 aliphatic rings. The summed E-state index contributed by atoms with van der Waals surface area (Å²) < 4.78 is 0. The highest BCUT2D eigenvalue weighted by atomic mass is 16.7. The Hall–Kier alpha value is -1.33. The first-order valence-electron chi connectivity index (χ1n) is 6.61. The molecule has 0 spiro atoms. The number of hydrazone groups is 1. The lowest BCUT2D eigenvalue weighted by atomic mass is 9.91. The molecule has 1 aliphatic heterocycles. The van der Waals surface area contributed by atoms with E-state index in [0.29, 0.717) is 0 Å². The molecule has 0 saturated carbocycles. The first-order valence-corrected chi connectivity index (χ1v) is 6.61. The quantitative estimate of drug-likeness (QED) is 0.416. The Balaban J connectivity index is 2.62. The third-order valence-electron chi connectivity index (χ3n) is 3.06. The zero-order chi connectivity index (χ0) is 13.8. The lowest BCUT2D eigenvalue weighted by Crippen LogP contribution is -2.50. The van der Waals surface area contributed by atoms with Gasteiger partial charge in [-0.25, -0.2) is 10.1 Å². The van der Waals surface area contributed by atoms with Crippen LogP contribution in [0, 0.1) is 15.5 Å². The van der Waals surface area contributed by atoms with Crippen LogP contribution in [-0.4, -0.2) is 34.1 Å². The van der Waals surface area contributed by atoms with E-state index in [1.165, 1.54) is 19.2 Å². The molecule has 0 aliphatic carbocycles. The van der Waals surface area contributed by atoms with Crippen LogP contribution in [0.2, 0.25) is 0 Å². The van der Waals surface area contributed by atoms with Gasteiger partial charge in [-0.05, 0) is 6.42 Å². The molecule has 1 heterocycles. The lowest BCUT2D eigenvalue weighted by molar-refractivity contribution is -0.642. The van der Waals surface area contributed by atoms with Gasteiger partial charge in [-0.15, -0.1) is 0 Å². The second kappa shape index (κ2) is 6.02. The smallest absolute Gasteiger partial charge is 0.187 e. The van der Waals surface area contributed by atoms with Crippen molar-refractivity contribution in [2.45, 2.75) is 59.5 Å². The molecular formula is C12H24N4O2. The van der Waals surface area contributed by atoms with Crippen molar-refractivity contribution in [1.29, 1.82) is 0 Å². The molecule has 0 aromatic rings. The van der Waals surface area contributed by atoms with Crippen LogP contribution in [0.5, 0.6) is 0 Å². The highest BCUT2D eigenvalue weighted by Gasteiger charge is 2.43. The maximum absolute atomic E-state index is 11.0. The van der Waals surface area contributed by atoms with Crippen LogP contribution in [0.15, 0.2) is 5.10 Å². The molecule has 0 amide bonds. The number of nitro groups is 1. The summed E-state index contributed by atoms with van der Waals surface area (Å²) in [6, 6.07) is 0. The summed E-state index contributed by atoms with van der Waals surface area (Å²) in [5, 5.41) is 17.7. The topological polar surface area (TPSA) is 62.0 Å². The molecule has 0 saturated heterocycles. The van der Waals surface area contributed by atoms with E-state index in [9.17, 15) is 10.1 Å². The van der Waals surface area contributed by atoms with E-state index in [4.69, 9.17) is 0 Å². The van der Waals surface area contributed by atoms with E-state index >= 15 is 0 Å². The molecule has 104 valence electrons. The van der Waals surface area contributed by atoms with Crippen LogP contribution in [0.4, 0.5) is 0 Å². The van der Waals surface area contributed by atoms with Crippen molar-refractivity contribution in [3.8, 4) is 0 Å². The molecule has 1 unspecified atom stereocenters. The zero-order valence-corrected chi connectivity index (χ0v) is 11.8. The first-order chi connectivity index (χ1) is 8.38. The van der Waals surface area contributed by atoms with Gasteiger partial charge in [0.15, 0.2) is 17.5 Å². The normalized spacial score (nSPS) is 19.7. The van der Waals surface area contributed by atoms with Gasteiger partial charge in [-0.3, -0.25) is 5.01 Å². The average molecular weight is 256 g/mol. The van der Waals surface area contributed by atoms with Crippen LogP contribution in [-0.2, 0) is 0 Å². The maximum atomic E-state index is 11.0. The standard InChI is InChI=1S/C12H24N4O2/c1-5-6-7-8-9-14-11(12(2,3)4)15(10-13-14)16(17)18/h10-11H,5-9H2,1-4H3. The van der Waals surface area contributed by atoms with Crippen molar-refractivity contribution in [3.05, 3.63) is 10.1 Å². The number of rotatable bonds is 6. The fourth-order valence-electron chi connectivity index (χ4n) is 2.24. The van der Waals surface area contributed by atoms with E-state index in [2.05, 4.69) is 12.0 Å². The fraction of sp³-hybridized carbons (Fsp3) is 0.917. The molecule has 0 aromatic heterocycles. The summed E-state index contributed by atoms with van der Waals surface area (Å²) >= 11 is 0. The van der Waals surface area contributed by atoms with Gasteiger partial charge in [-0.2, -0.15) is 5.10 Å². The van der Waals surface area contributed by atoms with Gasteiger partial charge >= 0.3 is 0 Å². The van der Waals surface area contributed by atoms with Crippen molar-refractivity contribution >= 4 is 6.34 Å². The molecule has 18 heavy (non-hydrogen) atoms. The van der Waals surface area contributed by atoms with E-state index in [0.717, 1.165) is 24.4 Å². The summed E-state index contributed by atoms with van der Waals surface area (Å²) in [7, 11) is 0. The first kappa shape index (κ1) is 14.7. The van der Waals surface area contributed by atoms with Crippen molar-refractivity contribution < 1.29 is 5.03 Å². The fourth-order valence-corrected chi connectivity index (χ4v) is 2.24. The van der Waals surface area contributed by atoms with Crippen molar-refractivity contribution in [1.82, 2.24) is 10.0 Å². The molecule has 0 bridgehead atoms. The van der Waals surface area contributed by atoms with Crippen LogP contribution < -0.4 is 0 Å². The van der Waals surface area contributed by atoms with E-state index < -0.39 is 0 Å². The number of hydrogen-bond donors (Lipinski definition) is 0. The van der Waals surface area contributed by atoms with Crippen molar-refractivity contribution in [2.75, 3.05) is 6.54 Å². The minimum absolute atomic E-state index is 0.214. The van der Waals surface area contributed by atoms with Crippen LogP contribution in [0.25, 0.3) is 0 Å². The van der Waals surface area contributed by atoms with Crippen LogP contribution >= 0.6 is 0 Å². The monoisotopic (exact) mass is 256 g/mol. The predicted molar refractivity (Wildman–Crippen MR) is 71.4 cm³/mol. The zero-order valence-electron chi connectivity index (χ0n) is 11.8. The molecule has 1 atom stereocenters. The Morgan fingerprint density at radius 1 is 1.33 bits per heavy atom. The number of hydrazine groups is 1. The lowest BCUT2D eigenvalue weighted by Gasteiger charge is -2.34. The SMILES string of the molecule is CCCCCCN1N=CN([N+](=O)[O-])C1C(C)(C)C. The third-order valence-corrected chi connectivity index (χ3v) is 3.06. The number of nitrogens with zero attached hydrogens (tertiary/aromatic N) is 4. The van der Waals surface area contributed by atoms with Gasteiger partial charge in [0.1, 0.15) is 0 Å². The minimum atomic E-state index is -0.383. The molecule has 0 radical (unpaired) electrons. The molecular weight excluding hydrogens is 232 g/mol. The maximum Gasteiger partial charge on any atom is 0.187 e. The number of hydrogen-bond acceptors (Lipinski definition) is 4. The second-order valence-corrected chi connectivity index (χ2v) is 5.81. The Bertz CT molecular complexity index is 312. The third kappa shape index (κ3) is 3.58. The van der Waals surface area contributed by atoms with Crippen molar-refractivity contribution in [2.24, 2.45) is 10.5 Å². The highest BCUT2D eigenvalue weighted by molar-refractivity contribution is 5.55. The Labute approximate surface area is 109 Å². The van der Waals surface area contributed by atoms with Crippen LogP contribution in [0.3, 0.4) is 0 Å². The van der Waals surface area contributed by atoms with E-state index in [-0.39, 0.29) is 16.6 Å². The molecule has 1 rings (SSSR count). The van der Waals surface area contributed by atoms with Gasteiger partial charge in [0.05, 0.1) is 0 Å². The minimum Gasteiger partial charge on any atom is -0.266 e. The van der Waals surface area contributed by atoms with Gasteiger partial charge in [0, 0.05) is 12.0 Å². The Morgan fingerprint density at radius 2 is 2.00 bits per heavy atom. The van der Waals surface area contributed by atoms with Gasteiger partial charge < -0.3 is 0 Å². The molecule has 0 fully saturated rings. The number of unbranched alkanes of at least 4 members (excludes halogenated alkanes) is 3. The molecule has 0 aromatic carbocycles. The van der Waals surface area contributed by atoms with Gasteiger partial charge in [0.25, 0.3) is 0 Å². The van der Waals surface area contributed by atoms with E-state index in [1.54, 1.807) is 0 Å². The highest BCUT2D eigenvalue weighted by Crippen LogP contribution is 2.30. The van der Waals surface area contributed by atoms with Gasteiger partial charge in [-0.1, -0.05) is 52.0 Å².